The molecule has 0 amide bonds. The molecular weight excluding hydrogens is 204 g/mol. The van der Waals surface area contributed by atoms with Gasteiger partial charge >= 0.3 is 0 Å². The fraction of sp³-hybridized carbons (Fsp3) is 0.818. The number of ether oxygens (including phenoxy) is 1. The van der Waals surface area contributed by atoms with Crippen molar-refractivity contribution in [2.24, 2.45) is 0 Å². The van der Waals surface area contributed by atoms with Gasteiger partial charge in [0.2, 0.25) is 0 Å². The molecule has 2 unspecified atom stereocenters. The van der Waals surface area contributed by atoms with E-state index in [4.69, 9.17) is 4.74 Å². The van der Waals surface area contributed by atoms with Gasteiger partial charge in [-0.1, -0.05) is 0 Å². The first-order valence-electron chi connectivity index (χ1n) is 5.89. The lowest BCUT2D eigenvalue weighted by Crippen LogP contribution is -2.47. The van der Waals surface area contributed by atoms with Crippen LogP contribution < -0.4 is 5.32 Å². The van der Waals surface area contributed by atoms with Gasteiger partial charge in [-0.3, -0.25) is 0 Å². The molecule has 0 aliphatic carbocycles. The average molecular weight is 224 g/mol. The second-order valence-corrected chi connectivity index (χ2v) is 4.53. The highest BCUT2D eigenvalue weighted by Gasteiger charge is 2.36. The van der Waals surface area contributed by atoms with Gasteiger partial charge in [-0.25, -0.2) is 9.67 Å². The molecule has 5 heteroatoms. The van der Waals surface area contributed by atoms with E-state index in [2.05, 4.69) is 36.2 Å². The molecule has 1 fully saturated rings. The number of nitrogens with zero attached hydrogens (tertiary/aromatic N) is 3. The van der Waals surface area contributed by atoms with E-state index in [1.54, 1.807) is 6.33 Å². The number of hydrogen-bond donors (Lipinski definition) is 1. The van der Waals surface area contributed by atoms with Gasteiger partial charge in [-0.15, -0.1) is 0 Å². The van der Waals surface area contributed by atoms with Gasteiger partial charge in [0, 0.05) is 18.7 Å². The minimum atomic E-state index is 0.0600. The highest BCUT2D eigenvalue weighted by molar-refractivity contribution is 4.96. The predicted molar refractivity (Wildman–Crippen MR) is 61.0 cm³/mol. The van der Waals surface area contributed by atoms with Crippen LogP contribution in [0, 0.1) is 0 Å². The molecule has 0 radical (unpaired) electrons. The van der Waals surface area contributed by atoms with Gasteiger partial charge in [0.1, 0.15) is 12.2 Å². The lowest BCUT2D eigenvalue weighted by molar-refractivity contribution is 0.0877. The van der Waals surface area contributed by atoms with Crippen molar-refractivity contribution in [2.45, 2.75) is 51.9 Å². The largest absolute Gasteiger partial charge is 0.377 e. The summed E-state index contributed by atoms with van der Waals surface area (Å²) in [7, 11) is 0. The van der Waals surface area contributed by atoms with Crippen LogP contribution in [0.5, 0.6) is 0 Å². The number of rotatable bonds is 4. The van der Waals surface area contributed by atoms with Crippen LogP contribution in [0.3, 0.4) is 0 Å². The van der Waals surface area contributed by atoms with E-state index in [1.807, 2.05) is 4.68 Å². The third-order valence-electron chi connectivity index (χ3n) is 3.53. The standard InChI is InChI=1S/C11H20N4O/c1-4-15-10(12-8-14-15)7-13-11(3)5-6-16-9(11)2/h8-9,13H,4-7H2,1-3H3. The van der Waals surface area contributed by atoms with Crippen LogP contribution in [0.15, 0.2) is 6.33 Å². The molecule has 0 bridgehead atoms. The summed E-state index contributed by atoms with van der Waals surface area (Å²) in [6.45, 7) is 8.84. The Bertz CT molecular complexity index is 352. The summed E-state index contributed by atoms with van der Waals surface area (Å²) < 4.78 is 7.50. The van der Waals surface area contributed by atoms with Gasteiger partial charge in [-0.05, 0) is 27.2 Å². The minimum Gasteiger partial charge on any atom is -0.377 e. The average Bonchev–Trinajstić information content (AvgIpc) is 2.84. The molecule has 16 heavy (non-hydrogen) atoms. The van der Waals surface area contributed by atoms with Crippen LogP contribution in [0.25, 0.3) is 0 Å². The first-order valence-corrected chi connectivity index (χ1v) is 5.89. The van der Waals surface area contributed by atoms with E-state index in [0.717, 1.165) is 31.9 Å². The summed E-state index contributed by atoms with van der Waals surface area (Å²) >= 11 is 0. The third kappa shape index (κ3) is 2.10. The Morgan fingerprint density at radius 1 is 1.69 bits per heavy atom. The first-order chi connectivity index (χ1) is 7.65. The number of aromatic nitrogens is 3. The highest BCUT2D eigenvalue weighted by Crippen LogP contribution is 2.25. The summed E-state index contributed by atoms with van der Waals surface area (Å²) in [6, 6.07) is 0. The molecule has 2 heterocycles. The zero-order valence-corrected chi connectivity index (χ0v) is 10.2. The first kappa shape index (κ1) is 11.5. The number of nitrogens with one attached hydrogen (secondary N) is 1. The number of aryl methyl sites for hydroxylation is 1. The molecule has 1 saturated heterocycles. The van der Waals surface area contributed by atoms with Crippen LogP contribution in [0.4, 0.5) is 0 Å². The monoisotopic (exact) mass is 224 g/mol. The fourth-order valence-corrected chi connectivity index (χ4v) is 2.04. The van der Waals surface area contributed by atoms with Crippen molar-refractivity contribution < 1.29 is 4.74 Å². The normalized spacial score (nSPS) is 29.8. The Morgan fingerprint density at radius 3 is 3.12 bits per heavy atom. The molecule has 1 aliphatic heterocycles. The van der Waals surface area contributed by atoms with E-state index in [9.17, 15) is 0 Å². The van der Waals surface area contributed by atoms with Crippen molar-refractivity contribution >= 4 is 0 Å². The second-order valence-electron chi connectivity index (χ2n) is 4.53. The molecule has 2 atom stereocenters. The summed E-state index contributed by atoms with van der Waals surface area (Å²) in [5.74, 6) is 0.989. The molecule has 0 saturated carbocycles. The van der Waals surface area contributed by atoms with Crippen molar-refractivity contribution in [3.05, 3.63) is 12.2 Å². The maximum absolute atomic E-state index is 5.59. The quantitative estimate of drug-likeness (QED) is 0.827. The Labute approximate surface area is 96.2 Å². The van der Waals surface area contributed by atoms with Crippen molar-refractivity contribution in [2.75, 3.05) is 6.61 Å². The molecule has 1 aliphatic rings. The summed E-state index contributed by atoms with van der Waals surface area (Å²) in [5, 5.41) is 7.69. The fourth-order valence-electron chi connectivity index (χ4n) is 2.04. The zero-order chi connectivity index (χ0) is 11.6. The van der Waals surface area contributed by atoms with Crippen LogP contribution in [0.1, 0.15) is 33.0 Å². The van der Waals surface area contributed by atoms with Crippen LogP contribution in [0.2, 0.25) is 0 Å². The summed E-state index contributed by atoms with van der Waals surface area (Å²) in [5.41, 5.74) is 0.0600. The lowest BCUT2D eigenvalue weighted by Gasteiger charge is -2.28. The maximum atomic E-state index is 5.59. The van der Waals surface area contributed by atoms with Gasteiger partial charge in [0.05, 0.1) is 12.6 Å². The molecule has 1 aromatic rings. The van der Waals surface area contributed by atoms with Crippen LogP contribution >= 0.6 is 0 Å². The molecule has 0 aromatic carbocycles. The molecule has 2 rings (SSSR count). The molecule has 1 N–H and O–H groups in total. The maximum Gasteiger partial charge on any atom is 0.140 e. The smallest absolute Gasteiger partial charge is 0.140 e. The van der Waals surface area contributed by atoms with Crippen molar-refractivity contribution in [1.82, 2.24) is 20.1 Å². The van der Waals surface area contributed by atoms with E-state index in [-0.39, 0.29) is 11.6 Å². The van der Waals surface area contributed by atoms with Crippen molar-refractivity contribution in [1.29, 1.82) is 0 Å². The number of hydrogen-bond acceptors (Lipinski definition) is 4. The molecule has 5 nitrogen and oxygen atoms in total. The van der Waals surface area contributed by atoms with Crippen LogP contribution in [-0.4, -0.2) is 33.0 Å². The Kier molecular flexibility index (Phi) is 3.25. The van der Waals surface area contributed by atoms with Gasteiger partial charge in [-0.2, -0.15) is 5.10 Å². The zero-order valence-electron chi connectivity index (χ0n) is 10.2. The Balaban J connectivity index is 1.97. The summed E-state index contributed by atoms with van der Waals surface area (Å²) in [4.78, 5) is 4.25. The van der Waals surface area contributed by atoms with E-state index in [0.29, 0.717) is 0 Å². The molecule has 1 aromatic heterocycles. The molecule has 90 valence electrons. The topological polar surface area (TPSA) is 52.0 Å². The molecular formula is C11H20N4O. The van der Waals surface area contributed by atoms with E-state index >= 15 is 0 Å². The second kappa shape index (κ2) is 4.51. The lowest BCUT2D eigenvalue weighted by atomic mass is 9.95. The van der Waals surface area contributed by atoms with Gasteiger partial charge in [0.25, 0.3) is 0 Å². The van der Waals surface area contributed by atoms with Crippen molar-refractivity contribution in [3.63, 3.8) is 0 Å². The SMILES string of the molecule is CCn1ncnc1CNC1(C)CCOC1C. The van der Waals surface area contributed by atoms with Gasteiger partial charge < -0.3 is 10.1 Å². The predicted octanol–water partition coefficient (Wildman–Crippen LogP) is 0.955. The van der Waals surface area contributed by atoms with Crippen molar-refractivity contribution in [3.8, 4) is 0 Å². The minimum absolute atomic E-state index is 0.0600. The Hall–Kier alpha value is -0.940. The van der Waals surface area contributed by atoms with E-state index in [1.165, 1.54) is 0 Å². The third-order valence-corrected chi connectivity index (χ3v) is 3.53. The van der Waals surface area contributed by atoms with E-state index < -0.39 is 0 Å². The van der Waals surface area contributed by atoms with Gasteiger partial charge in [0.15, 0.2) is 0 Å². The highest BCUT2D eigenvalue weighted by atomic mass is 16.5. The van der Waals surface area contributed by atoms with Crippen LogP contribution in [-0.2, 0) is 17.8 Å². The Morgan fingerprint density at radius 2 is 2.50 bits per heavy atom. The summed E-state index contributed by atoms with van der Waals surface area (Å²) in [6.07, 6.45) is 2.91. The molecule has 0 spiro atoms.